The molecular formula is C21H23N3O4S. The van der Waals surface area contributed by atoms with Gasteiger partial charge in [-0.2, -0.15) is 0 Å². The highest BCUT2D eigenvalue weighted by molar-refractivity contribution is 8.15. The normalized spacial score (nSPS) is 17.1. The SMILES string of the molecule is COc1ccc(NC(=O)CC2SC(=NCCc3ccccc3)NC2=O)c(OC)c1. The third kappa shape index (κ3) is 5.74. The van der Waals surface area contributed by atoms with Gasteiger partial charge in [0, 0.05) is 19.0 Å². The average molecular weight is 413 g/mol. The fourth-order valence-electron chi connectivity index (χ4n) is 2.82. The van der Waals surface area contributed by atoms with E-state index in [0.29, 0.717) is 28.9 Å². The first-order valence-electron chi connectivity index (χ1n) is 9.17. The van der Waals surface area contributed by atoms with E-state index in [0.717, 1.165) is 6.42 Å². The molecule has 1 heterocycles. The number of rotatable bonds is 8. The van der Waals surface area contributed by atoms with Gasteiger partial charge in [-0.25, -0.2) is 0 Å². The summed E-state index contributed by atoms with van der Waals surface area (Å²) >= 11 is 1.29. The summed E-state index contributed by atoms with van der Waals surface area (Å²) in [6.45, 7) is 0.578. The van der Waals surface area contributed by atoms with Crippen LogP contribution in [0.2, 0.25) is 0 Å². The Hall–Kier alpha value is -3.00. The molecule has 1 saturated heterocycles. The summed E-state index contributed by atoms with van der Waals surface area (Å²) in [6.07, 6.45) is 0.840. The van der Waals surface area contributed by atoms with Crippen LogP contribution in [0.25, 0.3) is 0 Å². The summed E-state index contributed by atoms with van der Waals surface area (Å²) in [4.78, 5) is 29.0. The quantitative estimate of drug-likeness (QED) is 0.695. The maximum atomic E-state index is 12.4. The molecule has 29 heavy (non-hydrogen) atoms. The molecule has 1 atom stereocenters. The molecule has 7 nitrogen and oxygen atoms in total. The lowest BCUT2D eigenvalue weighted by molar-refractivity contribution is -0.122. The van der Waals surface area contributed by atoms with Gasteiger partial charge in [-0.1, -0.05) is 42.1 Å². The molecule has 8 heteroatoms. The van der Waals surface area contributed by atoms with Gasteiger partial charge in [0.25, 0.3) is 0 Å². The number of ether oxygens (including phenoxy) is 2. The summed E-state index contributed by atoms with van der Waals surface area (Å²) in [6, 6.07) is 15.1. The Morgan fingerprint density at radius 1 is 1.17 bits per heavy atom. The number of hydrogen-bond donors (Lipinski definition) is 2. The number of carbonyl (C=O) groups is 2. The number of carbonyl (C=O) groups excluding carboxylic acids is 2. The molecule has 2 amide bonds. The lowest BCUT2D eigenvalue weighted by atomic mass is 10.2. The molecule has 1 aliphatic rings. The van der Waals surface area contributed by atoms with Gasteiger partial charge < -0.3 is 20.1 Å². The Morgan fingerprint density at radius 2 is 1.97 bits per heavy atom. The van der Waals surface area contributed by atoms with Gasteiger partial charge in [-0.15, -0.1) is 0 Å². The highest BCUT2D eigenvalue weighted by Gasteiger charge is 2.32. The number of aliphatic imine (C=N–C) groups is 1. The second kappa shape index (κ2) is 9.97. The highest BCUT2D eigenvalue weighted by Crippen LogP contribution is 2.30. The van der Waals surface area contributed by atoms with Crippen molar-refractivity contribution in [3.8, 4) is 11.5 Å². The lowest BCUT2D eigenvalue weighted by Crippen LogP contribution is -2.28. The predicted octanol–water partition coefficient (Wildman–Crippen LogP) is 2.86. The zero-order valence-corrected chi connectivity index (χ0v) is 17.1. The second-order valence-corrected chi connectivity index (χ2v) is 7.53. The molecule has 1 unspecified atom stereocenters. The zero-order chi connectivity index (χ0) is 20.6. The smallest absolute Gasteiger partial charge is 0.240 e. The molecule has 2 aromatic rings. The predicted molar refractivity (Wildman–Crippen MR) is 115 cm³/mol. The van der Waals surface area contributed by atoms with Crippen molar-refractivity contribution in [2.75, 3.05) is 26.1 Å². The molecular weight excluding hydrogens is 390 g/mol. The number of anilines is 1. The molecule has 0 aromatic heterocycles. The number of methoxy groups -OCH3 is 2. The van der Waals surface area contributed by atoms with Crippen LogP contribution < -0.4 is 20.1 Å². The molecule has 0 spiro atoms. The van der Waals surface area contributed by atoms with Crippen LogP contribution in [-0.2, 0) is 16.0 Å². The zero-order valence-electron chi connectivity index (χ0n) is 16.3. The van der Waals surface area contributed by atoms with Gasteiger partial charge in [0.2, 0.25) is 11.8 Å². The van der Waals surface area contributed by atoms with Gasteiger partial charge in [0.05, 0.1) is 19.9 Å². The number of amides is 2. The van der Waals surface area contributed by atoms with Crippen molar-refractivity contribution >= 4 is 34.4 Å². The molecule has 1 fully saturated rings. The molecule has 1 aliphatic heterocycles. The Morgan fingerprint density at radius 3 is 2.69 bits per heavy atom. The van der Waals surface area contributed by atoms with Crippen LogP contribution in [0.1, 0.15) is 12.0 Å². The van der Waals surface area contributed by atoms with Crippen molar-refractivity contribution in [3.63, 3.8) is 0 Å². The van der Waals surface area contributed by atoms with Gasteiger partial charge in [-0.05, 0) is 24.1 Å². The van der Waals surface area contributed by atoms with Crippen molar-refractivity contribution < 1.29 is 19.1 Å². The van der Waals surface area contributed by atoms with E-state index in [1.807, 2.05) is 30.3 Å². The number of thioether (sulfide) groups is 1. The Bertz CT molecular complexity index is 902. The largest absolute Gasteiger partial charge is 0.497 e. The van der Waals surface area contributed by atoms with Crippen LogP contribution in [0, 0.1) is 0 Å². The summed E-state index contributed by atoms with van der Waals surface area (Å²) in [5.41, 5.74) is 1.72. The number of nitrogens with one attached hydrogen (secondary N) is 2. The van der Waals surface area contributed by atoms with Crippen molar-refractivity contribution in [1.82, 2.24) is 5.32 Å². The molecule has 0 radical (unpaired) electrons. The third-order valence-corrected chi connectivity index (χ3v) is 5.45. The van der Waals surface area contributed by atoms with Crippen LogP contribution in [-0.4, -0.2) is 43.0 Å². The Balaban J connectivity index is 1.53. The highest BCUT2D eigenvalue weighted by atomic mass is 32.2. The molecule has 3 rings (SSSR count). The van der Waals surface area contributed by atoms with Crippen LogP contribution in [0.15, 0.2) is 53.5 Å². The van der Waals surface area contributed by atoms with Gasteiger partial charge >= 0.3 is 0 Å². The van der Waals surface area contributed by atoms with Crippen LogP contribution in [0.5, 0.6) is 11.5 Å². The topological polar surface area (TPSA) is 89.0 Å². The van der Waals surface area contributed by atoms with Crippen molar-refractivity contribution in [2.24, 2.45) is 4.99 Å². The first-order chi connectivity index (χ1) is 14.1. The first kappa shape index (κ1) is 20.7. The summed E-state index contributed by atoms with van der Waals surface area (Å²) in [5, 5.41) is 5.59. The van der Waals surface area contributed by atoms with E-state index in [4.69, 9.17) is 9.47 Å². The monoisotopic (exact) mass is 413 g/mol. The van der Waals surface area contributed by atoms with Crippen LogP contribution in [0.4, 0.5) is 5.69 Å². The van der Waals surface area contributed by atoms with Crippen molar-refractivity contribution in [1.29, 1.82) is 0 Å². The van der Waals surface area contributed by atoms with Crippen molar-refractivity contribution in [2.45, 2.75) is 18.1 Å². The minimum absolute atomic E-state index is 0.0450. The molecule has 0 saturated carbocycles. The maximum Gasteiger partial charge on any atom is 0.240 e. The standard InChI is InChI=1S/C21H23N3O4S/c1-27-15-8-9-16(17(12-15)28-2)23-19(25)13-18-20(26)24-21(29-18)22-11-10-14-6-4-3-5-7-14/h3-9,12,18H,10-11,13H2,1-2H3,(H,23,25)(H,22,24,26). The number of nitrogens with zero attached hydrogens (tertiary/aromatic N) is 1. The van der Waals surface area contributed by atoms with Crippen LogP contribution in [0.3, 0.4) is 0 Å². The number of benzene rings is 2. The summed E-state index contributed by atoms with van der Waals surface area (Å²) in [7, 11) is 3.07. The van der Waals surface area contributed by atoms with E-state index in [-0.39, 0.29) is 18.2 Å². The Labute approximate surface area is 173 Å². The summed E-state index contributed by atoms with van der Waals surface area (Å²) in [5.74, 6) is 0.642. The first-order valence-corrected chi connectivity index (χ1v) is 10.0. The van der Waals surface area contributed by atoms with E-state index in [2.05, 4.69) is 15.6 Å². The second-order valence-electron chi connectivity index (χ2n) is 6.34. The van der Waals surface area contributed by atoms with E-state index < -0.39 is 5.25 Å². The molecule has 152 valence electrons. The minimum atomic E-state index is -0.505. The van der Waals surface area contributed by atoms with Crippen molar-refractivity contribution in [3.05, 3.63) is 54.1 Å². The molecule has 2 aromatic carbocycles. The third-order valence-electron chi connectivity index (χ3n) is 4.33. The maximum absolute atomic E-state index is 12.4. The fourth-order valence-corrected chi connectivity index (χ4v) is 3.81. The fraction of sp³-hybridized carbons (Fsp3) is 0.286. The van der Waals surface area contributed by atoms with E-state index >= 15 is 0 Å². The average Bonchev–Trinajstić information content (AvgIpc) is 3.08. The van der Waals surface area contributed by atoms with E-state index in [1.54, 1.807) is 25.3 Å². The molecule has 0 aliphatic carbocycles. The van der Waals surface area contributed by atoms with E-state index in [1.165, 1.54) is 24.4 Å². The van der Waals surface area contributed by atoms with Crippen LogP contribution >= 0.6 is 11.8 Å². The summed E-state index contributed by atoms with van der Waals surface area (Å²) < 4.78 is 10.4. The number of amidine groups is 1. The van der Waals surface area contributed by atoms with E-state index in [9.17, 15) is 9.59 Å². The Kier molecular flexibility index (Phi) is 7.13. The number of hydrogen-bond acceptors (Lipinski definition) is 6. The van der Waals surface area contributed by atoms with Gasteiger partial charge in [0.1, 0.15) is 16.7 Å². The van der Waals surface area contributed by atoms with Gasteiger partial charge in [-0.3, -0.25) is 14.6 Å². The molecule has 0 bridgehead atoms. The molecule has 2 N–H and O–H groups in total. The lowest BCUT2D eigenvalue weighted by Gasteiger charge is -2.12. The van der Waals surface area contributed by atoms with Gasteiger partial charge in [0.15, 0.2) is 5.17 Å². The minimum Gasteiger partial charge on any atom is -0.497 e.